The number of halogens is 1. The number of aryl methyl sites for hydroxylation is 2. The largest absolute Gasteiger partial charge is 0.437 e. The van der Waals surface area contributed by atoms with Crippen LogP contribution in [0.1, 0.15) is 19.0 Å². The second-order valence-electron chi connectivity index (χ2n) is 4.10. The summed E-state index contributed by atoms with van der Waals surface area (Å²) in [5, 5.41) is 4.31. The van der Waals surface area contributed by atoms with Crippen LogP contribution in [0.5, 0.6) is 11.6 Å². The molecule has 0 amide bonds. The third-order valence-electron chi connectivity index (χ3n) is 2.62. The molecular weight excluding hydrogens is 233 g/mol. The van der Waals surface area contributed by atoms with E-state index in [9.17, 15) is 4.39 Å². The van der Waals surface area contributed by atoms with Crippen LogP contribution in [0.2, 0.25) is 0 Å². The Morgan fingerprint density at radius 2 is 2.00 bits per heavy atom. The first-order chi connectivity index (χ1) is 8.61. The SMILES string of the molecule is CCCc1nn(C)c(Oc2ccc(F)cc2)c1N. The van der Waals surface area contributed by atoms with E-state index in [-0.39, 0.29) is 5.82 Å². The molecule has 1 aromatic carbocycles. The highest BCUT2D eigenvalue weighted by Crippen LogP contribution is 2.30. The standard InChI is InChI=1S/C13H16FN3O/c1-3-4-11-12(15)13(17(2)16-11)18-10-7-5-9(14)6-8-10/h5-8H,3-4,15H2,1-2H3. The van der Waals surface area contributed by atoms with Crippen LogP contribution in [0.15, 0.2) is 24.3 Å². The number of aromatic nitrogens is 2. The van der Waals surface area contributed by atoms with Crippen LogP contribution >= 0.6 is 0 Å². The zero-order chi connectivity index (χ0) is 13.1. The Morgan fingerprint density at radius 3 is 2.61 bits per heavy atom. The predicted octanol–water partition coefficient (Wildman–Crippen LogP) is 2.89. The fourth-order valence-electron chi connectivity index (χ4n) is 1.73. The number of hydrogen-bond donors (Lipinski definition) is 1. The molecule has 1 aromatic heterocycles. The lowest BCUT2D eigenvalue weighted by molar-refractivity contribution is 0.431. The molecule has 2 aromatic rings. The zero-order valence-corrected chi connectivity index (χ0v) is 10.5. The summed E-state index contributed by atoms with van der Waals surface area (Å²) < 4.78 is 20.0. The van der Waals surface area contributed by atoms with Crippen molar-refractivity contribution in [1.82, 2.24) is 9.78 Å². The van der Waals surface area contributed by atoms with Gasteiger partial charge in [-0.2, -0.15) is 5.10 Å². The van der Waals surface area contributed by atoms with Gasteiger partial charge in [0.05, 0.1) is 5.69 Å². The van der Waals surface area contributed by atoms with Crippen LogP contribution in [0.3, 0.4) is 0 Å². The molecule has 0 spiro atoms. The molecule has 0 saturated heterocycles. The summed E-state index contributed by atoms with van der Waals surface area (Å²) in [5.41, 5.74) is 7.36. The fourth-order valence-corrected chi connectivity index (χ4v) is 1.73. The van der Waals surface area contributed by atoms with E-state index in [1.165, 1.54) is 12.1 Å². The molecule has 0 radical (unpaired) electrons. The van der Waals surface area contributed by atoms with Crippen molar-refractivity contribution in [3.05, 3.63) is 35.8 Å². The predicted molar refractivity (Wildman–Crippen MR) is 68.1 cm³/mol. The Bertz CT molecular complexity index is 534. The van der Waals surface area contributed by atoms with E-state index in [4.69, 9.17) is 10.5 Å². The summed E-state index contributed by atoms with van der Waals surface area (Å²) in [6.07, 6.45) is 1.78. The van der Waals surface area contributed by atoms with E-state index < -0.39 is 0 Å². The van der Waals surface area contributed by atoms with Crippen molar-refractivity contribution in [2.45, 2.75) is 19.8 Å². The van der Waals surface area contributed by atoms with Gasteiger partial charge >= 0.3 is 0 Å². The van der Waals surface area contributed by atoms with E-state index in [1.54, 1.807) is 23.9 Å². The van der Waals surface area contributed by atoms with Crippen LogP contribution in [0, 0.1) is 5.82 Å². The van der Waals surface area contributed by atoms with Gasteiger partial charge in [0.15, 0.2) is 0 Å². The highest BCUT2D eigenvalue weighted by Gasteiger charge is 2.14. The number of nitrogens with two attached hydrogens (primary N) is 1. The number of ether oxygens (including phenoxy) is 1. The van der Waals surface area contributed by atoms with E-state index in [2.05, 4.69) is 12.0 Å². The smallest absolute Gasteiger partial charge is 0.241 e. The Labute approximate surface area is 105 Å². The van der Waals surface area contributed by atoms with E-state index in [0.29, 0.717) is 17.3 Å². The fraction of sp³-hybridized carbons (Fsp3) is 0.308. The summed E-state index contributed by atoms with van der Waals surface area (Å²) in [7, 11) is 1.77. The molecule has 0 fully saturated rings. The second-order valence-corrected chi connectivity index (χ2v) is 4.10. The Morgan fingerprint density at radius 1 is 1.33 bits per heavy atom. The first kappa shape index (κ1) is 12.4. The van der Waals surface area contributed by atoms with Gasteiger partial charge in [0.2, 0.25) is 5.88 Å². The average molecular weight is 249 g/mol. The van der Waals surface area contributed by atoms with Gasteiger partial charge in [0.25, 0.3) is 0 Å². The molecule has 0 bridgehead atoms. The molecule has 2 N–H and O–H groups in total. The molecule has 0 aliphatic carbocycles. The van der Waals surface area contributed by atoms with Gasteiger partial charge in [-0.25, -0.2) is 9.07 Å². The van der Waals surface area contributed by atoms with E-state index >= 15 is 0 Å². The number of anilines is 1. The molecule has 0 atom stereocenters. The van der Waals surface area contributed by atoms with Gasteiger partial charge in [0, 0.05) is 7.05 Å². The van der Waals surface area contributed by atoms with Crippen LogP contribution in [-0.2, 0) is 13.5 Å². The number of benzene rings is 1. The first-order valence-corrected chi connectivity index (χ1v) is 5.86. The van der Waals surface area contributed by atoms with Gasteiger partial charge in [-0.1, -0.05) is 13.3 Å². The molecule has 1 heterocycles. The average Bonchev–Trinajstić information content (AvgIpc) is 2.60. The van der Waals surface area contributed by atoms with Crippen LogP contribution < -0.4 is 10.5 Å². The minimum atomic E-state index is -0.299. The van der Waals surface area contributed by atoms with Crippen molar-refractivity contribution in [3.63, 3.8) is 0 Å². The maximum Gasteiger partial charge on any atom is 0.241 e. The third-order valence-corrected chi connectivity index (χ3v) is 2.62. The third kappa shape index (κ3) is 2.45. The summed E-state index contributed by atoms with van der Waals surface area (Å²) in [6.45, 7) is 2.06. The molecule has 18 heavy (non-hydrogen) atoms. The van der Waals surface area contributed by atoms with Gasteiger partial charge < -0.3 is 10.5 Å². The number of rotatable bonds is 4. The molecule has 5 heteroatoms. The molecule has 4 nitrogen and oxygen atoms in total. The zero-order valence-electron chi connectivity index (χ0n) is 10.5. The Hall–Kier alpha value is -2.04. The monoisotopic (exact) mass is 249 g/mol. The van der Waals surface area contributed by atoms with Crippen LogP contribution in [-0.4, -0.2) is 9.78 Å². The minimum Gasteiger partial charge on any atom is -0.437 e. The number of nitrogens with zero attached hydrogens (tertiary/aromatic N) is 2. The van der Waals surface area contributed by atoms with E-state index in [1.807, 2.05) is 0 Å². The van der Waals surface area contributed by atoms with Crippen molar-refractivity contribution in [1.29, 1.82) is 0 Å². The molecular formula is C13H16FN3O. The molecule has 96 valence electrons. The van der Waals surface area contributed by atoms with Crippen LogP contribution in [0.4, 0.5) is 10.1 Å². The van der Waals surface area contributed by atoms with Crippen molar-refractivity contribution in [2.75, 3.05) is 5.73 Å². The lowest BCUT2D eigenvalue weighted by atomic mass is 10.2. The molecule has 0 aliphatic rings. The summed E-state index contributed by atoms with van der Waals surface area (Å²) in [5.74, 6) is 0.728. The highest BCUT2D eigenvalue weighted by molar-refractivity contribution is 5.54. The molecule has 0 saturated carbocycles. The normalized spacial score (nSPS) is 10.6. The molecule has 2 rings (SSSR count). The Kier molecular flexibility index (Phi) is 3.50. The number of hydrogen-bond acceptors (Lipinski definition) is 3. The first-order valence-electron chi connectivity index (χ1n) is 5.86. The minimum absolute atomic E-state index is 0.299. The number of nitrogen functional groups attached to an aromatic ring is 1. The van der Waals surface area contributed by atoms with Gasteiger partial charge in [0.1, 0.15) is 17.3 Å². The van der Waals surface area contributed by atoms with Crippen molar-refractivity contribution < 1.29 is 9.13 Å². The lowest BCUT2D eigenvalue weighted by Gasteiger charge is -2.06. The van der Waals surface area contributed by atoms with E-state index in [0.717, 1.165) is 18.5 Å². The quantitative estimate of drug-likeness (QED) is 0.906. The highest BCUT2D eigenvalue weighted by atomic mass is 19.1. The summed E-state index contributed by atoms with van der Waals surface area (Å²) in [4.78, 5) is 0. The van der Waals surface area contributed by atoms with Crippen molar-refractivity contribution in [2.24, 2.45) is 7.05 Å². The topological polar surface area (TPSA) is 53.1 Å². The van der Waals surface area contributed by atoms with Gasteiger partial charge in [-0.3, -0.25) is 0 Å². The van der Waals surface area contributed by atoms with Crippen molar-refractivity contribution in [3.8, 4) is 11.6 Å². The summed E-state index contributed by atoms with van der Waals surface area (Å²) >= 11 is 0. The lowest BCUT2D eigenvalue weighted by Crippen LogP contribution is -1.97. The van der Waals surface area contributed by atoms with Crippen molar-refractivity contribution >= 4 is 5.69 Å². The van der Waals surface area contributed by atoms with Crippen LogP contribution in [0.25, 0.3) is 0 Å². The van der Waals surface area contributed by atoms with Gasteiger partial charge in [-0.05, 0) is 30.7 Å². The maximum absolute atomic E-state index is 12.8. The summed E-state index contributed by atoms with van der Waals surface area (Å²) in [6, 6.07) is 5.80. The second kappa shape index (κ2) is 5.08. The maximum atomic E-state index is 12.8. The van der Waals surface area contributed by atoms with Gasteiger partial charge in [-0.15, -0.1) is 0 Å². The molecule has 0 unspecified atom stereocenters. The Balaban J connectivity index is 2.26. The molecule has 0 aliphatic heterocycles.